The SMILES string of the molecule is CC(C)CCCCCCN(CC=Cc1ccccc1)CC=Cc1ccccc1. The van der Waals surface area contributed by atoms with Crippen molar-refractivity contribution in [3.63, 3.8) is 0 Å². The summed E-state index contributed by atoms with van der Waals surface area (Å²) in [6.45, 7) is 7.81. The summed E-state index contributed by atoms with van der Waals surface area (Å²) in [5, 5.41) is 0. The Hall–Kier alpha value is -2.12. The molecular weight excluding hydrogens is 338 g/mol. The van der Waals surface area contributed by atoms with Crippen molar-refractivity contribution in [2.45, 2.75) is 46.0 Å². The minimum absolute atomic E-state index is 0.836. The number of benzene rings is 2. The first-order valence-corrected chi connectivity index (χ1v) is 10.9. The average molecular weight is 376 g/mol. The highest BCUT2D eigenvalue weighted by Gasteiger charge is 2.01. The lowest BCUT2D eigenvalue weighted by atomic mass is 10.0. The molecule has 0 N–H and O–H groups in total. The molecule has 0 aliphatic heterocycles. The molecule has 0 saturated heterocycles. The van der Waals surface area contributed by atoms with Gasteiger partial charge in [-0.25, -0.2) is 0 Å². The maximum Gasteiger partial charge on any atom is 0.0169 e. The molecule has 0 atom stereocenters. The van der Waals surface area contributed by atoms with E-state index in [2.05, 4.69) is 104 Å². The molecule has 1 heteroatoms. The second-order valence-corrected chi connectivity index (χ2v) is 7.98. The van der Waals surface area contributed by atoms with Gasteiger partial charge in [0.15, 0.2) is 0 Å². The van der Waals surface area contributed by atoms with Crippen LogP contribution >= 0.6 is 0 Å². The predicted molar refractivity (Wildman–Crippen MR) is 125 cm³/mol. The van der Waals surface area contributed by atoms with Crippen molar-refractivity contribution in [1.82, 2.24) is 4.90 Å². The van der Waals surface area contributed by atoms with Crippen LogP contribution in [0.15, 0.2) is 72.8 Å². The fourth-order valence-electron chi connectivity index (χ4n) is 3.30. The summed E-state index contributed by atoms with van der Waals surface area (Å²) >= 11 is 0. The van der Waals surface area contributed by atoms with E-state index < -0.39 is 0 Å². The summed E-state index contributed by atoms with van der Waals surface area (Å²) in [5.74, 6) is 0.836. The Morgan fingerprint density at radius 2 is 1.18 bits per heavy atom. The van der Waals surface area contributed by atoms with Crippen LogP contribution in [0.1, 0.15) is 57.1 Å². The standard InChI is InChI=1S/C27H37N/c1-25(2)15-7-3-4-12-22-28(23-13-20-26-16-8-5-9-17-26)24-14-21-27-18-10-6-11-19-27/h5-6,8-11,13-14,16-21,25H,3-4,7,12,15,22-24H2,1-2H3. The first kappa shape index (κ1) is 22.2. The molecular formula is C27H37N. The van der Waals surface area contributed by atoms with Crippen LogP contribution in [0.25, 0.3) is 12.2 Å². The molecule has 0 heterocycles. The highest BCUT2D eigenvalue weighted by Crippen LogP contribution is 2.10. The Morgan fingerprint density at radius 3 is 1.68 bits per heavy atom. The highest BCUT2D eigenvalue weighted by molar-refractivity contribution is 5.49. The van der Waals surface area contributed by atoms with E-state index in [0.29, 0.717) is 0 Å². The van der Waals surface area contributed by atoms with Crippen LogP contribution in [0.4, 0.5) is 0 Å². The van der Waals surface area contributed by atoms with Gasteiger partial charge in [-0.2, -0.15) is 0 Å². The van der Waals surface area contributed by atoms with E-state index in [0.717, 1.165) is 19.0 Å². The lowest BCUT2D eigenvalue weighted by Gasteiger charge is -2.19. The van der Waals surface area contributed by atoms with Gasteiger partial charge in [0.1, 0.15) is 0 Å². The van der Waals surface area contributed by atoms with Gasteiger partial charge in [0, 0.05) is 13.1 Å². The van der Waals surface area contributed by atoms with Gasteiger partial charge < -0.3 is 0 Å². The largest absolute Gasteiger partial charge is 0.296 e. The zero-order chi connectivity index (χ0) is 19.9. The maximum absolute atomic E-state index is 2.54. The Balaban J connectivity index is 1.80. The third-order valence-corrected chi connectivity index (χ3v) is 4.95. The molecule has 0 spiro atoms. The topological polar surface area (TPSA) is 3.24 Å². The van der Waals surface area contributed by atoms with E-state index in [-0.39, 0.29) is 0 Å². The summed E-state index contributed by atoms with van der Waals surface area (Å²) in [7, 11) is 0. The van der Waals surface area contributed by atoms with E-state index in [4.69, 9.17) is 0 Å². The number of nitrogens with zero attached hydrogens (tertiary/aromatic N) is 1. The number of hydrogen-bond donors (Lipinski definition) is 0. The smallest absolute Gasteiger partial charge is 0.0169 e. The molecule has 2 rings (SSSR count). The molecule has 0 saturated carbocycles. The number of unbranched alkanes of at least 4 members (excludes halogenated alkanes) is 3. The van der Waals surface area contributed by atoms with Gasteiger partial charge in [-0.05, 0) is 30.0 Å². The Kier molecular flexibility index (Phi) is 11.1. The van der Waals surface area contributed by atoms with Crippen molar-refractivity contribution >= 4 is 12.2 Å². The van der Waals surface area contributed by atoms with Crippen molar-refractivity contribution < 1.29 is 0 Å². The fraction of sp³-hybridized carbons (Fsp3) is 0.407. The van der Waals surface area contributed by atoms with Crippen LogP contribution in [0.2, 0.25) is 0 Å². The van der Waals surface area contributed by atoms with Crippen molar-refractivity contribution in [1.29, 1.82) is 0 Å². The molecule has 2 aromatic rings. The van der Waals surface area contributed by atoms with Gasteiger partial charge in [0.2, 0.25) is 0 Å². The highest BCUT2D eigenvalue weighted by atomic mass is 15.1. The Labute approximate surface area is 172 Å². The third-order valence-electron chi connectivity index (χ3n) is 4.95. The maximum atomic E-state index is 2.54. The quantitative estimate of drug-likeness (QED) is 0.331. The lowest BCUT2D eigenvalue weighted by Crippen LogP contribution is -2.25. The van der Waals surface area contributed by atoms with E-state index in [1.54, 1.807) is 0 Å². The van der Waals surface area contributed by atoms with Crippen LogP contribution in [0.5, 0.6) is 0 Å². The normalized spacial score (nSPS) is 12.0. The molecule has 0 aliphatic carbocycles. The predicted octanol–water partition coefficient (Wildman–Crippen LogP) is 7.32. The van der Waals surface area contributed by atoms with E-state index in [1.807, 2.05) is 0 Å². The number of hydrogen-bond acceptors (Lipinski definition) is 1. The van der Waals surface area contributed by atoms with E-state index in [9.17, 15) is 0 Å². The van der Waals surface area contributed by atoms with Crippen LogP contribution in [0.3, 0.4) is 0 Å². The van der Waals surface area contributed by atoms with Gasteiger partial charge in [-0.3, -0.25) is 4.90 Å². The van der Waals surface area contributed by atoms with Gasteiger partial charge in [-0.1, -0.05) is 124 Å². The zero-order valence-corrected chi connectivity index (χ0v) is 17.8. The fourth-order valence-corrected chi connectivity index (χ4v) is 3.30. The lowest BCUT2D eigenvalue weighted by molar-refractivity contribution is 0.324. The molecule has 28 heavy (non-hydrogen) atoms. The van der Waals surface area contributed by atoms with Crippen molar-refractivity contribution in [2.75, 3.05) is 19.6 Å². The molecule has 0 aromatic heterocycles. The summed E-state index contributed by atoms with van der Waals surface area (Å²) in [5.41, 5.74) is 2.55. The van der Waals surface area contributed by atoms with Crippen LogP contribution in [-0.2, 0) is 0 Å². The molecule has 2 aromatic carbocycles. The molecule has 0 unspecified atom stereocenters. The summed E-state index contributed by atoms with van der Waals surface area (Å²) in [4.78, 5) is 2.54. The average Bonchev–Trinajstić information content (AvgIpc) is 2.71. The van der Waals surface area contributed by atoms with Gasteiger partial charge in [0.25, 0.3) is 0 Å². The Morgan fingerprint density at radius 1 is 0.679 bits per heavy atom. The molecule has 0 fully saturated rings. The van der Waals surface area contributed by atoms with Gasteiger partial charge in [-0.15, -0.1) is 0 Å². The third kappa shape index (κ3) is 10.3. The van der Waals surface area contributed by atoms with Crippen molar-refractivity contribution in [3.05, 3.63) is 83.9 Å². The van der Waals surface area contributed by atoms with Crippen LogP contribution < -0.4 is 0 Å². The van der Waals surface area contributed by atoms with Crippen LogP contribution in [0, 0.1) is 5.92 Å². The zero-order valence-electron chi connectivity index (χ0n) is 17.8. The van der Waals surface area contributed by atoms with E-state index in [1.165, 1.54) is 49.8 Å². The van der Waals surface area contributed by atoms with Crippen molar-refractivity contribution in [3.8, 4) is 0 Å². The first-order valence-electron chi connectivity index (χ1n) is 10.9. The summed E-state index contributed by atoms with van der Waals surface area (Å²) in [6, 6.07) is 21.1. The number of rotatable bonds is 13. The second kappa shape index (κ2) is 14.0. The minimum atomic E-state index is 0.836. The van der Waals surface area contributed by atoms with Gasteiger partial charge >= 0.3 is 0 Å². The van der Waals surface area contributed by atoms with Gasteiger partial charge in [0.05, 0.1) is 0 Å². The molecule has 0 radical (unpaired) electrons. The Bertz CT molecular complexity index is 618. The minimum Gasteiger partial charge on any atom is -0.296 e. The molecule has 1 nitrogen and oxygen atoms in total. The molecule has 150 valence electrons. The van der Waals surface area contributed by atoms with E-state index >= 15 is 0 Å². The first-order chi connectivity index (χ1) is 13.7. The summed E-state index contributed by atoms with van der Waals surface area (Å²) < 4.78 is 0. The molecule has 0 aliphatic rings. The molecule has 0 amide bonds. The second-order valence-electron chi connectivity index (χ2n) is 7.98. The van der Waals surface area contributed by atoms with Crippen LogP contribution in [-0.4, -0.2) is 24.5 Å². The monoisotopic (exact) mass is 375 g/mol. The summed E-state index contributed by atoms with van der Waals surface area (Å²) in [6.07, 6.45) is 15.8. The molecule has 0 bridgehead atoms. The van der Waals surface area contributed by atoms with Crippen molar-refractivity contribution in [2.24, 2.45) is 5.92 Å².